The van der Waals surface area contributed by atoms with Crippen molar-refractivity contribution >= 4 is 15.2 Å². The van der Waals surface area contributed by atoms with Crippen LogP contribution in [0.5, 0.6) is 0 Å². The van der Waals surface area contributed by atoms with Gasteiger partial charge < -0.3 is 0 Å². The summed E-state index contributed by atoms with van der Waals surface area (Å²) in [5.41, 5.74) is 0. The van der Waals surface area contributed by atoms with E-state index in [0.717, 1.165) is 5.40 Å². The highest BCUT2D eigenvalue weighted by Gasteiger charge is 2.56. The quantitative estimate of drug-likeness (QED) is 0.496. The zero-order valence-electron chi connectivity index (χ0n) is 9.47. The average molecular weight is 204 g/mol. The molecule has 0 nitrogen and oxygen atoms in total. The van der Waals surface area contributed by atoms with Crippen LogP contribution in [0.25, 0.3) is 0 Å². The molecule has 0 aromatic heterocycles. The van der Waals surface area contributed by atoms with E-state index in [1.54, 1.807) is 0 Å². The first-order valence-corrected chi connectivity index (χ1v) is 8.27. The molecule has 1 aliphatic rings. The summed E-state index contributed by atoms with van der Waals surface area (Å²) in [4.78, 5) is 0. The van der Waals surface area contributed by atoms with Gasteiger partial charge in [0.15, 0.2) is 0 Å². The van der Waals surface area contributed by atoms with Crippen LogP contribution in [-0.2, 0) is 0 Å². The van der Waals surface area contributed by atoms with Gasteiger partial charge in [0.2, 0.25) is 0 Å². The first kappa shape index (κ1) is 10.9. The van der Waals surface area contributed by atoms with Crippen molar-refractivity contribution in [3.63, 3.8) is 0 Å². The standard InChI is InChI=1S/C10H22P2/c1-8-11(9(2,3)4)12(8)10(5,6)7/h8H,1-7H3. The maximum Gasteiger partial charge on any atom is 0.00533 e. The molecule has 12 heavy (non-hydrogen) atoms. The second kappa shape index (κ2) is 2.93. The normalized spacial score (nSPS) is 36.8. The van der Waals surface area contributed by atoms with E-state index in [0.29, 0.717) is 25.5 Å². The molecular weight excluding hydrogens is 182 g/mol. The lowest BCUT2D eigenvalue weighted by Gasteiger charge is -2.24. The highest BCUT2D eigenvalue weighted by molar-refractivity contribution is 8.47. The Balaban J connectivity index is 2.67. The van der Waals surface area contributed by atoms with Crippen molar-refractivity contribution < 1.29 is 0 Å². The van der Waals surface area contributed by atoms with Gasteiger partial charge in [0.05, 0.1) is 0 Å². The van der Waals surface area contributed by atoms with Crippen LogP contribution < -0.4 is 0 Å². The second-order valence-corrected chi connectivity index (χ2v) is 14.3. The van der Waals surface area contributed by atoms with Crippen molar-refractivity contribution in [3.8, 4) is 0 Å². The Hall–Kier alpha value is 0.860. The fraction of sp³-hybridized carbons (Fsp3) is 1.00. The Labute approximate surface area is 79.9 Å². The Kier molecular flexibility index (Phi) is 2.67. The van der Waals surface area contributed by atoms with Gasteiger partial charge in [0, 0.05) is 5.40 Å². The van der Waals surface area contributed by atoms with E-state index < -0.39 is 0 Å². The Morgan fingerprint density at radius 3 is 1.08 bits per heavy atom. The van der Waals surface area contributed by atoms with Gasteiger partial charge in [-0.15, -0.1) is 0 Å². The highest BCUT2D eigenvalue weighted by atomic mass is 32.1. The van der Waals surface area contributed by atoms with Crippen LogP contribution in [0.15, 0.2) is 0 Å². The maximum atomic E-state index is 2.47. The first-order valence-electron chi connectivity index (χ1n) is 4.74. The molecule has 2 atom stereocenters. The number of hydrogen-bond acceptors (Lipinski definition) is 0. The summed E-state index contributed by atoms with van der Waals surface area (Å²) in [5, 5.41) is 2.27. The molecule has 0 aromatic carbocycles. The maximum absolute atomic E-state index is 2.47. The molecular formula is C10H22P2. The lowest BCUT2D eigenvalue weighted by molar-refractivity contribution is 0.788. The van der Waals surface area contributed by atoms with Crippen molar-refractivity contribution in [2.45, 2.75) is 64.2 Å². The minimum absolute atomic E-state index is 0.361. The van der Waals surface area contributed by atoms with Crippen molar-refractivity contribution in [1.29, 1.82) is 0 Å². The molecule has 72 valence electrons. The van der Waals surface area contributed by atoms with Crippen LogP contribution in [0.1, 0.15) is 48.5 Å². The molecule has 2 unspecified atom stereocenters. The summed E-state index contributed by atoms with van der Waals surface area (Å²) in [5.74, 6) is 0. The van der Waals surface area contributed by atoms with Gasteiger partial charge in [0.1, 0.15) is 0 Å². The molecule has 0 radical (unpaired) electrons. The predicted molar refractivity (Wildman–Crippen MR) is 62.8 cm³/mol. The van der Waals surface area contributed by atoms with E-state index in [-0.39, 0.29) is 0 Å². The van der Waals surface area contributed by atoms with E-state index in [2.05, 4.69) is 48.5 Å². The van der Waals surface area contributed by atoms with Gasteiger partial charge >= 0.3 is 0 Å². The summed E-state index contributed by atoms with van der Waals surface area (Å²) in [6.45, 7) is 17.0. The van der Waals surface area contributed by atoms with Gasteiger partial charge in [-0.05, 0) is 10.3 Å². The molecule has 0 amide bonds. The summed E-state index contributed by atoms with van der Waals surface area (Å²) in [6, 6.07) is 0. The molecule has 0 aliphatic carbocycles. The van der Waals surface area contributed by atoms with Crippen molar-refractivity contribution in [1.82, 2.24) is 0 Å². The van der Waals surface area contributed by atoms with Crippen LogP contribution in [0.3, 0.4) is 0 Å². The van der Waals surface area contributed by atoms with Crippen molar-refractivity contribution in [3.05, 3.63) is 0 Å². The fourth-order valence-corrected chi connectivity index (χ4v) is 14.6. The van der Waals surface area contributed by atoms with Crippen LogP contribution in [0, 0.1) is 0 Å². The third-order valence-electron chi connectivity index (χ3n) is 2.26. The van der Waals surface area contributed by atoms with Crippen LogP contribution in [0.4, 0.5) is 0 Å². The minimum Gasteiger partial charge on any atom is -0.0667 e. The molecule has 1 fully saturated rings. The molecule has 1 rings (SSSR count). The first-order chi connectivity index (χ1) is 5.15. The SMILES string of the molecule is CC1P(C(C)(C)C)P1C(C)(C)C. The largest absolute Gasteiger partial charge is 0.0667 e. The Morgan fingerprint density at radius 2 is 1.00 bits per heavy atom. The Morgan fingerprint density at radius 1 is 0.750 bits per heavy atom. The van der Waals surface area contributed by atoms with Gasteiger partial charge in [-0.25, -0.2) is 0 Å². The number of hydrogen-bond donors (Lipinski definition) is 0. The molecule has 1 heterocycles. The van der Waals surface area contributed by atoms with Crippen molar-refractivity contribution in [2.24, 2.45) is 0 Å². The van der Waals surface area contributed by atoms with E-state index in [9.17, 15) is 0 Å². The van der Waals surface area contributed by atoms with E-state index in [1.165, 1.54) is 0 Å². The molecule has 0 saturated carbocycles. The molecule has 1 saturated heterocycles. The summed E-state index contributed by atoms with van der Waals surface area (Å²) < 4.78 is 0. The van der Waals surface area contributed by atoms with Gasteiger partial charge in [-0.3, -0.25) is 0 Å². The zero-order valence-corrected chi connectivity index (χ0v) is 11.3. The third-order valence-corrected chi connectivity index (χ3v) is 14.1. The van der Waals surface area contributed by atoms with Crippen LogP contribution >= 0.6 is 15.2 Å². The predicted octanol–water partition coefficient (Wildman–Crippen LogP) is 4.82. The van der Waals surface area contributed by atoms with Gasteiger partial charge in [0.25, 0.3) is 0 Å². The molecule has 1 aliphatic heterocycles. The topological polar surface area (TPSA) is 0 Å². The molecule has 2 heteroatoms. The molecule has 0 spiro atoms. The van der Waals surface area contributed by atoms with E-state index >= 15 is 0 Å². The van der Waals surface area contributed by atoms with E-state index in [4.69, 9.17) is 0 Å². The van der Waals surface area contributed by atoms with Crippen LogP contribution in [-0.4, -0.2) is 15.7 Å². The monoisotopic (exact) mass is 204 g/mol. The van der Waals surface area contributed by atoms with Gasteiger partial charge in [-0.2, -0.15) is 0 Å². The minimum atomic E-state index is 0.361. The Bertz CT molecular complexity index is 153. The molecule has 0 bridgehead atoms. The summed E-state index contributed by atoms with van der Waals surface area (Å²) in [7, 11) is 0.721. The third kappa shape index (κ3) is 2.02. The number of rotatable bonds is 0. The van der Waals surface area contributed by atoms with Gasteiger partial charge in [-0.1, -0.05) is 63.7 Å². The van der Waals surface area contributed by atoms with Crippen LogP contribution in [0.2, 0.25) is 0 Å². The molecule has 0 N–H and O–H groups in total. The zero-order chi connectivity index (χ0) is 9.73. The highest BCUT2D eigenvalue weighted by Crippen LogP contribution is 3.02. The lowest BCUT2D eigenvalue weighted by atomic mass is 10.3. The fourth-order valence-electron chi connectivity index (χ4n) is 2.03. The average Bonchev–Trinajstić information content (AvgIpc) is 2.35. The smallest absolute Gasteiger partial charge is 0.00533 e. The molecule has 0 aromatic rings. The summed E-state index contributed by atoms with van der Waals surface area (Å²) >= 11 is 0. The lowest BCUT2D eigenvalue weighted by Crippen LogP contribution is -2.07. The van der Waals surface area contributed by atoms with E-state index in [1.807, 2.05) is 0 Å². The summed E-state index contributed by atoms with van der Waals surface area (Å²) in [6.07, 6.45) is 0. The van der Waals surface area contributed by atoms with Crippen molar-refractivity contribution in [2.75, 3.05) is 0 Å². The second-order valence-electron chi connectivity index (χ2n) is 5.66.